The van der Waals surface area contributed by atoms with Crippen LogP contribution in [0.4, 0.5) is 0 Å². The summed E-state index contributed by atoms with van der Waals surface area (Å²) in [5, 5.41) is 21.0. The van der Waals surface area contributed by atoms with Gasteiger partial charge in [0.2, 0.25) is 6.41 Å². The SMILES string of the molecule is CCC[CH2][Sn]([CH2]CCC)([CH2]CCC)[c]1cccc(C(=O)NCCCCN(CC(=O)O)C(=O)CN(C=O)CCC(=O)O)c1. The molecule has 11 heteroatoms. The first kappa shape index (κ1) is 37.4. The van der Waals surface area contributed by atoms with Crippen molar-refractivity contribution in [3.05, 3.63) is 29.8 Å². The molecule has 0 aromatic heterocycles. The van der Waals surface area contributed by atoms with Gasteiger partial charge in [0, 0.05) is 6.54 Å². The Kier molecular flexibility index (Phi) is 18.8. The summed E-state index contributed by atoms with van der Waals surface area (Å²) in [5.74, 6) is -2.98. The van der Waals surface area contributed by atoms with E-state index >= 15 is 0 Å². The molecule has 10 nitrogen and oxygen atoms in total. The third kappa shape index (κ3) is 14.0. The van der Waals surface area contributed by atoms with Gasteiger partial charge in [-0.25, -0.2) is 0 Å². The summed E-state index contributed by atoms with van der Waals surface area (Å²) in [6, 6.07) is 8.29. The van der Waals surface area contributed by atoms with Crippen LogP contribution in [0.3, 0.4) is 0 Å². The molecule has 1 aromatic rings. The minimum atomic E-state index is -2.67. The summed E-state index contributed by atoms with van der Waals surface area (Å²) < 4.78 is 5.42. The summed E-state index contributed by atoms with van der Waals surface area (Å²) in [7, 11) is 0. The second-order valence-electron chi connectivity index (χ2n) is 11.1. The topological polar surface area (TPSA) is 144 Å². The molecule has 0 aliphatic rings. The summed E-state index contributed by atoms with van der Waals surface area (Å²) >= 11 is -2.67. The molecule has 0 unspecified atom stereocenters. The molecule has 0 heterocycles. The molecule has 0 aliphatic carbocycles. The number of carboxylic acids is 2. The Bertz CT molecular complexity index is 983. The molecule has 1 aromatic carbocycles. The maximum absolute atomic E-state index is 13.1. The first-order chi connectivity index (χ1) is 20.1. The van der Waals surface area contributed by atoms with Crippen LogP contribution in [0.5, 0.6) is 0 Å². The van der Waals surface area contributed by atoms with Gasteiger partial charge in [0.25, 0.3) is 0 Å². The van der Waals surface area contributed by atoms with Crippen LogP contribution >= 0.6 is 0 Å². The Morgan fingerprint density at radius 2 is 1.45 bits per heavy atom. The summed E-state index contributed by atoms with van der Waals surface area (Å²) in [5.41, 5.74) is 0.677. The number of carboxylic acid groups (broad SMARTS) is 2. The van der Waals surface area contributed by atoms with Gasteiger partial charge in [-0.05, 0) is 0 Å². The summed E-state index contributed by atoms with van der Waals surface area (Å²) in [6.45, 7) is 6.22. The number of benzene rings is 1. The molecule has 0 bridgehead atoms. The molecule has 0 saturated carbocycles. The monoisotopic (exact) mass is 697 g/mol. The Balaban J connectivity index is 2.79. The van der Waals surface area contributed by atoms with Crippen molar-refractivity contribution >= 4 is 52.1 Å². The first-order valence-electron chi connectivity index (χ1n) is 15.4. The average molecular weight is 696 g/mol. The van der Waals surface area contributed by atoms with Crippen molar-refractivity contribution in [1.82, 2.24) is 15.1 Å². The molecular weight excluding hydrogens is 645 g/mol. The minimum absolute atomic E-state index is 0.128. The van der Waals surface area contributed by atoms with Crippen molar-refractivity contribution in [1.29, 1.82) is 0 Å². The number of rotatable bonds is 24. The fourth-order valence-electron chi connectivity index (χ4n) is 5.21. The van der Waals surface area contributed by atoms with E-state index in [1.54, 1.807) is 0 Å². The van der Waals surface area contributed by atoms with Gasteiger partial charge in [-0.1, -0.05) is 0 Å². The molecule has 3 amide bonds. The van der Waals surface area contributed by atoms with Crippen LogP contribution in [0.25, 0.3) is 0 Å². The van der Waals surface area contributed by atoms with E-state index in [1.807, 2.05) is 12.1 Å². The van der Waals surface area contributed by atoms with Gasteiger partial charge in [-0.2, -0.15) is 0 Å². The Labute approximate surface area is 255 Å². The number of nitrogens with one attached hydrogen (secondary N) is 1. The quantitative estimate of drug-likeness (QED) is 0.0839. The standard InChI is InChI=1S/C19H24N3O7.3C4H9.Sn/c23-14-21(11-8-17(25)26)12-16(24)22(13-18(27)28)10-5-4-9-20-19(29)15-6-2-1-3-7-15;3*1-3-4-2;/h1-2,6-7,14H,4-5,8-13H2,(H,20,29)(H,25,26)(H,27,28);3*1,3-4H2,2H3;. The van der Waals surface area contributed by atoms with Crippen LogP contribution < -0.4 is 8.90 Å². The molecule has 0 atom stereocenters. The number of aliphatic carboxylic acids is 2. The number of carbonyl (C=O) groups excluding carboxylic acids is 3. The number of hydrogen-bond donors (Lipinski definition) is 3. The van der Waals surface area contributed by atoms with Crippen molar-refractivity contribution in [3.63, 3.8) is 0 Å². The van der Waals surface area contributed by atoms with Gasteiger partial charge in [0.1, 0.15) is 0 Å². The van der Waals surface area contributed by atoms with E-state index in [2.05, 4.69) is 38.2 Å². The van der Waals surface area contributed by atoms with Crippen LogP contribution in [-0.4, -0.2) is 101 Å². The molecule has 0 saturated heterocycles. The van der Waals surface area contributed by atoms with Crippen molar-refractivity contribution in [2.75, 3.05) is 32.7 Å². The zero-order chi connectivity index (χ0) is 31.4. The Morgan fingerprint density at radius 1 is 0.833 bits per heavy atom. The maximum atomic E-state index is 13.1. The van der Waals surface area contributed by atoms with Gasteiger partial charge in [-0.15, -0.1) is 0 Å². The fraction of sp³-hybridized carbons (Fsp3) is 0.645. The van der Waals surface area contributed by atoms with Crippen LogP contribution in [0, 0.1) is 0 Å². The first-order valence-corrected chi connectivity index (χ1v) is 22.9. The molecule has 0 fully saturated rings. The number of amides is 3. The third-order valence-electron chi connectivity index (χ3n) is 7.68. The van der Waals surface area contributed by atoms with Gasteiger partial charge >= 0.3 is 207 Å². The molecule has 3 N–H and O–H groups in total. The second-order valence-corrected chi connectivity index (χ2v) is 24.3. The number of unbranched alkanes of at least 4 members (excludes halogenated alkanes) is 4. The molecule has 0 aliphatic heterocycles. The van der Waals surface area contributed by atoms with Gasteiger partial charge < -0.3 is 15.1 Å². The van der Waals surface area contributed by atoms with Crippen molar-refractivity contribution < 1.29 is 34.2 Å². The number of carbonyl (C=O) groups is 5. The summed E-state index contributed by atoms with van der Waals surface area (Å²) in [6.07, 6.45) is 8.37. The molecule has 236 valence electrons. The van der Waals surface area contributed by atoms with Crippen LogP contribution in [0.2, 0.25) is 13.3 Å². The zero-order valence-electron chi connectivity index (χ0n) is 25.7. The van der Waals surface area contributed by atoms with E-state index in [9.17, 15) is 29.1 Å². The Morgan fingerprint density at radius 3 is 1.98 bits per heavy atom. The van der Waals surface area contributed by atoms with Crippen molar-refractivity contribution in [3.8, 4) is 0 Å². The molecule has 0 spiro atoms. The van der Waals surface area contributed by atoms with Gasteiger partial charge in [0.05, 0.1) is 6.42 Å². The van der Waals surface area contributed by atoms with E-state index in [0.29, 0.717) is 31.4 Å². The summed E-state index contributed by atoms with van der Waals surface area (Å²) in [4.78, 5) is 61.1. The van der Waals surface area contributed by atoms with E-state index < -0.39 is 49.3 Å². The molecule has 1 rings (SSSR count). The average Bonchev–Trinajstić information content (AvgIpc) is 2.97. The van der Waals surface area contributed by atoms with E-state index in [-0.39, 0.29) is 25.4 Å². The number of hydrogen-bond acceptors (Lipinski definition) is 5. The third-order valence-corrected chi connectivity index (χ3v) is 23.3. The van der Waals surface area contributed by atoms with E-state index in [4.69, 9.17) is 5.11 Å². The van der Waals surface area contributed by atoms with E-state index in [0.717, 1.165) is 9.80 Å². The fourth-order valence-corrected chi connectivity index (χ4v) is 21.2. The molecule has 42 heavy (non-hydrogen) atoms. The van der Waals surface area contributed by atoms with Crippen LogP contribution in [-0.2, 0) is 19.2 Å². The van der Waals surface area contributed by atoms with Gasteiger partial charge in [-0.3, -0.25) is 14.4 Å². The van der Waals surface area contributed by atoms with Gasteiger partial charge in [0.15, 0.2) is 0 Å². The van der Waals surface area contributed by atoms with Crippen molar-refractivity contribution in [2.45, 2.75) is 91.9 Å². The molecular formula is C31H51N3O7Sn. The zero-order valence-corrected chi connectivity index (χ0v) is 28.6. The van der Waals surface area contributed by atoms with Crippen LogP contribution in [0.15, 0.2) is 24.3 Å². The van der Waals surface area contributed by atoms with Crippen molar-refractivity contribution in [2.24, 2.45) is 0 Å². The normalized spacial score (nSPS) is 11.1. The predicted octanol–water partition coefficient (Wildman–Crippen LogP) is 4.10. The second kappa shape index (κ2) is 21.1. The predicted molar refractivity (Wildman–Crippen MR) is 167 cm³/mol. The Hall–Kier alpha value is -2.63. The molecule has 0 radical (unpaired) electrons. The van der Waals surface area contributed by atoms with E-state index in [1.165, 1.54) is 55.4 Å². The van der Waals surface area contributed by atoms with Crippen LogP contribution in [0.1, 0.15) is 88.9 Å². The number of nitrogens with zero attached hydrogens (tertiary/aromatic N) is 2.